The summed E-state index contributed by atoms with van der Waals surface area (Å²) in [5.41, 5.74) is 5.77. The van der Waals surface area contributed by atoms with Crippen molar-refractivity contribution in [3.05, 3.63) is 29.3 Å². The van der Waals surface area contributed by atoms with Gasteiger partial charge in [-0.15, -0.1) is 11.8 Å². The summed E-state index contributed by atoms with van der Waals surface area (Å²) in [6, 6.07) is 6.66. The van der Waals surface area contributed by atoms with Crippen LogP contribution in [0.25, 0.3) is 0 Å². The second-order valence-corrected chi connectivity index (χ2v) is 10.4. The number of hydrogen-bond acceptors (Lipinski definition) is 7. The van der Waals surface area contributed by atoms with Crippen molar-refractivity contribution < 1.29 is 19.5 Å². The Morgan fingerprint density at radius 1 is 1.41 bits per heavy atom. The first-order chi connectivity index (χ1) is 12.5. The van der Waals surface area contributed by atoms with Gasteiger partial charge in [-0.2, -0.15) is 0 Å². The number of hydrogen-bond donors (Lipinski definition) is 2. The second kappa shape index (κ2) is 5.73. The van der Waals surface area contributed by atoms with Gasteiger partial charge in [0.2, 0.25) is 5.91 Å². The summed E-state index contributed by atoms with van der Waals surface area (Å²) in [5, 5.41) is 10.3. The predicted octanol–water partition coefficient (Wildman–Crippen LogP) is 2.45. The van der Waals surface area contributed by atoms with Crippen LogP contribution in [0.15, 0.2) is 29.3 Å². The molecule has 7 nitrogen and oxygen atoms in total. The van der Waals surface area contributed by atoms with Crippen LogP contribution in [0, 0.1) is 5.92 Å². The standard InChI is InChI=1S/C17H16ClN3O4S2/c1-8(22)26-12(20-10-5-3-9(18)4-6-10)11-13(23)21-16(14(24)25)7-15(16,2)27-17(11,21)19/h3-6,11H,7,19H2,1-2H3,(H,24,25)/t11?,15?,16?,17-/m0/s1. The third-order valence-electron chi connectivity index (χ3n) is 5.26. The topological polar surface area (TPSA) is 113 Å². The molecule has 0 aromatic heterocycles. The SMILES string of the molecule is CC(=O)SC(=Nc1ccc(Cl)cc1)C1C(=O)N2C3(C(=O)O)CC3(C)S[C@]12N. The van der Waals surface area contributed by atoms with Gasteiger partial charge in [0, 0.05) is 18.4 Å². The van der Waals surface area contributed by atoms with Crippen LogP contribution < -0.4 is 5.73 Å². The maximum Gasteiger partial charge on any atom is 0.331 e. The quantitative estimate of drug-likeness (QED) is 0.434. The van der Waals surface area contributed by atoms with Gasteiger partial charge < -0.3 is 5.11 Å². The van der Waals surface area contributed by atoms with E-state index in [1.54, 1.807) is 31.2 Å². The minimum absolute atomic E-state index is 0.232. The van der Waals surface area contributed by atoms with Crippen LogP contribution in [0.5, 0.6) is 0 Å². The highest BCUT2D eigenvalue weighted by molar-refractivity contribution is 8.26. The summed E-state index contributed by atoms with van der Waals surface area (Å²) in [5.74, 6) is -2.32. The number of thioether (sulfide) groups is 2. The first kappa shape index (κ1) is 18.8. The molecule has 3 N–H and O–H groups in total. The molecule has 2 heterocycles. The number of halogens is 1. The summed E-state index contributed by atoms with van der Waals surface area (Å²) < 4.78 is -0.635. The molecule has 0 spiro atoms. The van der Waals surface area contributed by atoms with Crippen molar-refractivity contribution in [2.75, 3.05) is 0 Å². The number of carboxylic acids is 1. The number of rotatable bonds is 3. The maximum atomic E-state index is 12.9. The molecule has 1 saturated carbocycles. The Morgan fingerprint density at radius 3 is 2.59 bits per heavy atom. The molecule has 0 bridgehead atoms. The summed E-state index contributed by atoms with van der Waals surface area (Å²) in [4.78, 5) is 41.1. The Bertz CT molecular complexity index is 923. The average Bonchev–Trinajstić information content (AvgIpc) is 3.08. The number of aliphatic imine (C=N–C) groups is 1. The van der Waals surface area contributed by atoms with Gasteiger partial charge in [-0.1, -0.05) is 11.6 Å². The van der Waals surface area contributed by atoms with Gasteiger partial charge in [0.15, 0.2) is 15.6 Å². The molecule has 10 heteroatoms. The molecule has 1 amide bonds. The van der Waals surface area contributed by atoms with Crippen molar-refractivity contribution in [3.63, 3.8) is 0 Å². The summed E-state index contributed by atoms with van der Waals surface area (Å²) in [7, 11) is 0. The number of carbonyl (C=O) groups excluding carboxylic acids is 2. The van der Waals surface area contributed by atoms with Crippen molar-refractivity contribution in [1.29, 1.82) is 0 Å². The van der Waals surface area contributed by atoms with Gasteiger partial charge in [-0.3, -0.25) is 20.2 Å². The van der Waals surface area contributed by atoms with E-state index < -0.39 is 33.1 Å². The van der Waals surface area contributed by atoms with Crippen molar-refractivity contribution in [3.8, 4) is 0 Å². The van der Waals surface area contributed by atoms with Gasteiger partial charge in [-0.05, 0) is 43.0 Å². The molecule has 1 aliphatic carbocycles. The fraction of sp³-hybridized carbons (Fsp3) is 0.412. The fourth-order valence-electron chi connectivity index (χ4n) is 3.99. The zero-order valence-corrected chi connectivity index (χ0v) is 16.8. The summed E-state index contributed by atoms with van der Waals surface area (Å²) >= 11 is 8.01. The maximum absolute atomic E-state index is 12.9. The minimum Gasteiger partial charge on any atom is -0.479 e. The lowest BCUT2D eigenvalue weighted by molar-refractivity contribution is -0.169. The van der Waals surface area contributed by atoms with E-state index in [2.05, 4.69) is 4.99 Å². The summed E-state index contributed by atoms with van der Waals surface area (Å²) in [6.45, 7) is 3.18. The van der Waals surface area contributed by atoms with E-state index >= 15 is 0 Å². The van der Waals surface area contributed by atoms with Crippen molar-refractivity contribution in [2.45, 2.75) is 35.5 Å². The molecule has 142 valence electrons. The van der Waals surface area contributed by atoms with Gasteiger partial charge in [0.1, 0.15) is 5.92 Å². The number of carboxylic acid groups (broad SMARTS) is 1. The fourth-order valence-corrected chi connectivity index (χ4v) is 7.05. The van der Waals surface area contributed by atoms with E-state index in [-0.39, 0.29) is 10.2 Å². The molecular weight excluding hydrogens is 410 g/mol. The van der Waals surface area contributed by atoms with Crippen LogP contribution in [0.2, 0.25) is 5.02 Å². The molecule has 4 rings (SSSR count). The van der Waals surface area contributed by atoms with E-state index in [9.17, 15) is 19.5 Å². The van der Waals surface area contributed by atoms with E-state index in [0.717, 1.165) is 11.8 Å². The van der Waals surface area contributed by atoms with Crippen LogP contribution in [0.3, 0.4) is 0 Å². The van der Waals surface area contributed by atoms with Gasteiger partial charge in [0.25, 0.3) is 0 Å². The van der Waals surface area contributed by atoms with Crippen molar-refractivity contribution >= 4 is 62.8 Å². The van der Waals surface area contributed by atoms with E-state index in [1.165, 1.54) is 23.6 Å². The van der Waals surface area contributed by atoms with Crippen LogP contribution in [-0.4, -0.2) is 47.3 Å². The Kier molecular flexibility index (Phi) is 3.99. The second-order valence-electron chi connectivity index (χ2n) is 7.05. The first-order valence-electron chi connectivity index (χ1n) is 8.14. The largest absolute Gasteiger partial charge is 0.479 e. The number of nitrogens with two attached hydrogens (primary N) is 1. The molecule has 3 fully saturated rings. The Balaban J connectivity index is 1.73. The lowest BCUT2D eigenvalue weighted by Gasteiger charge is -2.53. The third-order valence-corrected chi connectivity index (χ3v) is 8.01. The van der Waals surface area contributed by atoms with Crippen molar-refractivity contribution in [2.24, 2.45) is 16.6 Å². The van der Waals surface area contributed by atoms with Gasteiger partial charge >= 0.3 is 5.97 Å². The number of fused-ring (bicyclic) bond motifs is 3. The number of benzene rings is 1. The smallest absolute Gasteiger partial charge is 0.331 e. The number of aliphatic carboxylic acids is 1. The molecule has 1 aromatic carbocycles. The van der Waals surface area contributed by atoms with Gasteiger partial charge in [0.05, 0.1) is 15.5 Å². The molecular formula is C17H16ClN3O4S2. The molecule has 0 radical (unpaired) electrons. The Hall–Kier alpha value is -1.55. The minimum atomic E-state index is -1.27. The molecule has 2 aliphatic heterocycles. The molecule has 1 aromatic rings. The third kappa shape index (κ3) is 2.41. The number of β-lactam (4-membered cyclic amide) rings is 1. The molecule has 4 atom stereocenters. The lowest BCUT2D eigenvalue weighted by atomic mass is 9.90. The van der Waals surface area contributed by atoms with Crippen molar-refractivity contribution in [1.82, 2.24) is 4.90 Å². The first-order valence-corrected chi connectivity index (χ1v) is 10.2. The normalized spacial score (nSPS) is 36.7. The average molecular weight is 426 g/mol. The highest BCUT2D eigenvalue weighted by Gasteiger charge is 2.89. The summed E-state index contributed by atoms with van der Waals surface area (Å²) in [6.07, 6.45) is 0.362. The Labute approximate surface area is 168 Å². The predicted molar refractivity (Wildman–Crippen MR) is 105 cm³/mol. The van der Waals surface area contributed by atoms with Crippen LogP contribution >= 0.6 is 35.1 Å². The number of nitrogens with zero attached hydrogens (tertiary/aromatic N) is 2. The highest BCUT2D eigenvalue weighted by atomic mass is 35.5. The van der Waals surface area contributed by atoms with E-state index in [4.69, 9.17) is 17.3 Å². The van der Waals surface area contributed by atoms with E-state index in [0.29, 0.717) is 17.1 Å². The lowest BCUT2D eigenvalue weighted by Crippen LogP contribution is -2.77. The number of amides is 1. The molecule has 3 aliphatic rings. The zero-order valence-electron chi connectivity index (χ0n) is 14.4. The van der Waals surface area contributed by atoms with Crippen LogP contribution in [0.4, 0.5) is 5.69 Å². The monoisotopic (exact) mass is 425 g/mol. The van der Waals surface area contributed by atoms with Crippen LogP contribution in [-0.2, 0) is 14.4 Å². The molecule has 2 saturated heterocycles. The number of carbonyl (C=O) groups is 3. The molecule has 27 heavy (non-hydrogen) atoms. The molecule has 3 unspecified atom stereocenters. The zero-order chi connectivity index (χ0) is 19.8. The highest BCUT2D eigenvalue weighted by Crippen LogP contribution is 2.75. The van der Waals surface area contributed by atoms with E-state index in [1.807, 2.05) is 0 Å². The van der Waals surface area contributed by atoms with Crippen LogP contribution in [0.1, 0.15) is 20.3 Å². The van der Waals surface area contributed by atoms with Gasteiger partial charge in [-0.25, -0.2) is 9.79 Å². The Morgan fingerprint density at radius 2 is 2.04 bits per heavy atom.